The molecule has 0 bridgehead atoms. The Morgan fingerprint density at radius 2 is 2.05 bits per heavy atom. The van der Waals surface area contributed by atoms with Gasteiger partial charge in [-0.05, 0) is 18.1 Å². The van der Waals surface area contributed by atoms with Gasteiger partial charge in [0.1, 0.15) is 0 Å². The largest absolute Gasteiger partial charge is 0.380 e. The van der Waals surface area contributed by atoms with Crippen molar-refractivity contribution < 1.29 is 4.74 Å². The number of hydrogen-bond acceptors (Lipinski definition) is 4. The Bertz CT molecular complexity index is 496. The molecule has 0 atom stereocenters. The van der Waals surface area contributed by atoms with E-state index in [-0.39, 0.29) is 0 Å². The normalized spacial score (nSPS) is 11.2. The molecule has 0 aliphatic heterocycles. The second-order valence-corrected chi connectivity index (χ2v) is 5.11. The van der Waals surface area contributed by atoms with E-state index in [2.05, 4.69) is 29.4 Å². The highest BCUT2D eigenvalue weighted by atomic mass is 16.5. The van der Waals surface area contributed by atoms with Crippen molar-refractivity contribution in [3.8, 4) is 5.69 Å². The fraction of sp³-hybridized carbons (Fsp3) is 0.467. The molecule has 1 aromatic carbocycles. The summed E-state index contributed by atoms with van der Waals surface area (Å²) in [6, 6.07) is 9.89. The highest BCUT2D eigenvalue weighted by molar-refractivity contribution is 5.28. The van der Waals surface area contributed by atoms with E-state index < -0.39 is 0 Å². The van der Waals surface area contributed by atoms with Crippen LogP contribution in [0.5, 0.6) is 0 Å². The van der Waals surface area contributed by atoms with E-state index in [1.165, 1.54) is 0 Å². The summed E-state index contributed by atoms with van der Waals surface area (Å²) in [5.41, 5.74) is 1.90. The predicted molar refractivity (Wildman–Crippen MR) is 78.7 cm³/mol. The van der Waals surface area contributed by atoms with Crippen molar-refractivity contribution in [2.75, 3.05) is 19.8 Å². The van der Waals surface area contributed by atoms with E-state index in [9.17, 15) is 0 Å². The molecule has 2 rings (SSSR count). The van der Waals surface area contributed by atoms with Crippen LogP contribution in [0, 0.1) is 5.92 Å². The maximum absolute atomic E-state index is 5.50. The molecule has 0 spiro atoms. The standard InChI is InChI=1S/C15H22N4O/c1-13(2)12-20-9-8-16-10-14-11-17-19(18-14)15-6-4-3-5-7-15/h3-7,11,13,16H,8-10,12H2,1-2H3. The summed E-state index contributed by atoms with van der Waals surface area (Å²) in [6.45, 7) is 7.37. The predicted octanol–water partition coefficient (Wildman–Crippen LogP) is 2.03. The average Bonchev–Trinajstić information content (AvgIpc) is 2.92. The molecule has 0 saturated carbocycles. The second-order valence-electron chi connectivity index (χ2n) is 5.11. The van der Waals surface area contributed by atoms with Gasteiger partial charge < -0.3 is 10.1 Å². The minimum atomic E-state index is 0.584. The third kappa shape index (κ3) is 4.75. The Labute approximate surface area is 120 Å². The molecule has 20 heavy (non-hydrogen) atoms. The first-order valence-electron chi connectivity index (χ1n) is 7.01. The Morgan fingerprint density at radius 1 is 1.25 bits per heavy atom. The van der Waals surface area contributed by atoms with Crippen molar-refractivity contribution in [3.05, 3.63) is 42.2 Å². The molecule has 5 nitrogen and oxygen atoms in total. The van der Waals surface area contributed by atoms with Gasteiger partial charge in [-0.3, -0.25) is 0 Å². The van der Waals surface area contributed by atoms with Crippen LogP contribution in [0.1, 0.15) is 19.5 Å². The van der Waals surface area contributed by atoms with E-state index in [1.54, 1.807) is 11.0 Å². The van der Waals surface area contributed by atoms with Crippen molar-refractivity contribution >= 4 is 0 Å². The van der Waals surface area contributed by atoms with E-state index in [4.69, 9.17) is 4.74 Å². The van der Waals surface area contributed by atoms with Crippen molar-refractivity contribution in [2.24, 2.45) is 5.92 Å². The summed E-state index contributed by atoms with van der Waals surface area (Å²) in [6.07, 6.45) is 1.79. The molecule has 0 radical (unpaired) electrons. The lowest BCUT2D eigenvalue weighted by atomic mass is 10.2. The van der Waals surface area contributed by atoms with Gasteiger partial charge in [-0.25, -0.2) is 0 Å². The number of rotatable bonds is 8. The Kier molecular flexibility index (Phi) is 5.70. The van der Waals surface area contributed by atoms with Crippen LogP contribution in [0.3, 0.4) is 0 Å². The van der Waals surface area contributed by atoms with Gasteiger partial charge in [-0.15, -0.1) is 0 Å². The highest BCUT2D eigenvalue weighted by Gasteiger charge is 2.02. The zero-order valence-corrected chi connectivity index (χ0v) is 12.1. The Morgan fingerprint density at radius 3 is 2.80 bits per heavy atom. The minimum Gasteiger partial charge on any atom is -0.380 e. The molecule has 0 aliphatic carbocycles. The van der Waals surface area contributed by atoms with Crippen LogP contribution in [0.15, 0.2) is 36.5 Å². The van der Waals surface area contributed by atoms with Gasteiger partial charge >= 0.3 is 0 Å². The molecule has 0 saturated heterocycles. The molecule has 0 aliphatic rings. The molecule has 1 N–H and O–H groups in total. The van der Waals surface area contributed by atoms with Gasteiger partial charge in [-0.1, -0.05) is 32.0 Å². The quantitative estimate of drug-likeness (QED) is 0.748. The zero-order chi connectivity index (χ0) is 14.2. The number of nitrogens with one attached hydrogen (secondary N) is 1. The highest BCUT2D eigenvalue weighted by Crippen LogP contribution is 2.03. The summed E-state index contributed by atoms with van der Waals surface area (Å²) < 4.78 is 5.50. The lowest BCUT2D eigenvalue weighted by Crippen LogP contribution is -2.20. The average molecular weight is 274 g/mol. The molecule has 2 aromatic rings. The number of nitrogens with zero attached hydrogens (tertiary/aromatic N) is 3. The van der Waals surface area contributed by atoms with Crippen LogP contribution < -0.4 is 5.32 Å². The summed E-state index contributed by atoms with van der Waals surface area (Å²) in [5.74, 6) is 0.584. The molecular weight excluding hydrogens is 252 g/mol. The van der Waals surface area contributed by atoms with Crippen LogP contribution >= 0.6 is 0 Å². The fourth-order valence-corrected chi connectivity index (χ4v) is 1.74. The van der Waals surface area contributed by atoms with Crippen LogP contribution in [0.4, 0.5) is 0 Å². The Balaban J connectivity index is 1.71. The second kappa shape index (κ2) is 7.77. The summed E-state index contributed by atoms with van der Waals surface area (Å²) in [4.78, 5) is 1.65. The number of aromatic nitrogens is 3. The van der Waals surface area contributed by atoms with Gasteiger partial charge in [0.05, 0.1) is 24.2 Å². The molecule has 1 heterocycles. The summed E-state index contributed by atoms with van der Waals surface area (Å²) in [5, 5.41) is 12.0. The lowest BCUT2D eigenvalue weighted by Gasteiger charge is -2.06. The van der Waals surface area contributed by atoms with Crippen molar-refractivity contribution in [1.29, 1.82) is 0 Å². The third-order valence-electron chi connectivity index (χ3n) is 2.71. The first-order valence-corrected chi connectivity index (χ1v) is 7.01. The van der Waals surface area contributed by atoms with Crippen molar-refractivity contribution in [1.82, 2.24) is 20.3 Å². The molecular formula is C15H22N4O. The van der Waals surface area contributed by atoms with Gasteiger partial charge in [-0.2, -0.15) is 15.0 Å². The monoisotopic (exact) mass is 274 g/mol. The van der Waals surface area contributed by atoms with Gasteiger partial charge in [0.2, 0.25) is 0 Å². The molecule has 0 unspecified atom stereocenters. The van der Waals surface area contributed by atoms with Gasteiger partial charge in [0.15, 0.2) is 0 Å². The molecule has 0 amide bonds. The van der Waals surface area contributed by atoms with E-state index >= 15 is 0 Å². The van der Waals surface area contributed by atoms with Crippen LogP contribution in [-0.2, 0) is 11.3 Å². The number of para-hydroxylation sites is 1. The molecule has 1 aromatic heterocycles. The van der Waals surface area contributed by atoms with Gasteiger partial charge in [0.25, 0.3) is 0 Å². The van der Waals surface area contributed by atoms with Crippen LogP contribution in [0.25, 0.3) is 5.69 Å². The molecule has 0 fully saturated rings. The van der Waals surface area contributed by atoms with Crippen LogP contribution in [-0.4, -0.2) is 34.8 Å². The number of benzene rings is 1. The van der Waals surface area contributed by atoms with Crippen molar-refractivity contribution in [2.45, 2.75) is 20.4 Å². The third-order valence-corrected chi connectivity index (χ3v) is 2.71. The summed E-state index contributed by atoms with van der Waals surface area (Å²) in [7, 11) is 0. The van der Waals surface area contributed by atoms with Crippen LogP contribution in [0.2, 0.25) is 0 Å². The lowest BCUT2D eigenvalue weighted by molar-refractivity contribution is 0.111. The SMILES string of the molecule is CC(C)COCCNCc1cnn(-c2ccccc2)n1. The van der Waals surface area contributed by atoms with E-state index in [0.717, 1.165) is 31.1 Å². The summed E-state index contributed by atoms with van der Waals surface area (Å²) >= 11 is 0. The van der Waals surface area contributed by atoms with Gasteiger partial charge in [0, 0.05) is 19.7 Å². The maximum atomic E-state index is 5.50. The number of hydrogen-bond donors (Lipinski definition) is 1. The molecule has 108 valence electrons. The first kappa shape index (κ1) is 14.7. The smallest absolute Gasteiger partial charge is 0.0969 e. The topological polar surface area (TPSA) is 52.0 Å². The number of ether oxygens (including phenoxy) is 1. The van der Waals surface area contributed by atoms with Crippen molar-refractivity contribution in [3.63, 3.8) is 0 Å². The molecule has 5 heteroatoms. The Hall–Kier alpha value is -1.72. The maximum Gasteiger partial charge on any atom is 0.0969 e. The van der Waals surface area contributed by atoms with E-state index in [1.807, 2.05) is 30.3 Å². The first-order chi connectivity index (χ1) is 9.75. The van der Waals surface area contributed by atoms with E-state index in [0.29, 0.717) is 12.5 Å². The minimum absolute atomic E-state index is 0.584. The fourth-order valence-electron chi connectivity index (χ4n) is 1.74. The zero-order valence-electron chi connectivity index (χ0n) is 12.1.